The van der Waals surface area contributed by atoms with E-state index >= 15 is 0 Å². The fourth-order valence-electron chi connectivity index (χ4n) is 2.11. The highest BCUT2D eigenvalue weighted by Gasteiger charge is 2.38. The van der Waals surface area contributed by atoms with Gasteiger partial charge in [0.1, 0.15) is 0 Å². The first-order valence-corrected chi connectivity index (χ1v) is 7.07. The topological polar surface area (TPSA) is 80.9 Å². The maximum absolute atomic E-state index is 12.4. The lowest BCUT2D eigenvalue weighted by Crippen LogP contribution is -2.34. The molecule has 2 aromatic rings. The predicted molar refractivity (Wildman–Crippen MR) is 71.7 cm³/mol. The first-order chi connectivity index (χ1) is 10.9. The number of hydrogen-bond acceptors (Lipinski definition) is 5. The van der Waals surface area contributed by atoms with Crippen molar-refractivity contribution < 1.29 is 22.5 Å². The summed E-state index contributed by atoms with van der Waals surface area (Å²) in [5, 5.41) is 6.07. The second kappa shape index (κ2) is 5.98. The van der Waals surface area contributed by atoms with Gasteiger partial charge in [-0.05, 0) is 25.0 Å². The van der Waals surface area contributed by atoms with E-state index in [1.54, 1.807) is 6.07 Å². The van der Waals surface area contributed by atoms with Crippen LogP contribution in [-0.2, 0) is 17.5 Å². The quantitative estimate of drug-likeness (QED) is 0.934. The summed E-state index contributed by atoms with van der Waals surface area (Å²) in [6.07, 6.45) is -0.426. The smallest absolute Gasteiger partial charge is 0.350 e. The molecule has 0 aliphatic heterocycles. The van der Waals surface area contributed by atoms with Crippen molar-refractivity contribution in [3.63, 3.8) is 0 Å². The molecule has 0 radical (unpaired) electrons. The number of nitrogens with zero attached hydrogens (tertiary/aromatic N) is 3. The Morgan fingerprint density at radius 1 is 1.35 bits per heavy atom. The maximum Gasteiger partial charge on any atom is 0.471 e. The van der Waals surface area contributed by atoms with E-state index < -0.39 is 12.1 Å². The third-order valence-electron chi connectivity index (χ3n) is 3.67. The van der Waals surface area contributed by atoms with E-state index in [4.69, 9.17) is 0 Å². The zero-order valence-electron chi connectivity index (χ0n) is 11.9. The molecule has 2 heterocycles. The molecular weight excluding hydrogens is 313 g/mol. The number of carbonyl (C=O) groups excluding carboxylic acids is 1. The van der Waals surface area contributed by atoms with Gasteiger partial charge in [-0.1, -0.05) is 11.6 Å². The van der Waals surface area contributed by atoms with Gasteiger partial charge in [0, 0.05) is 17.7 Å². The number of rotatable bonds is 4. The molecule has 1 amide bonds. The van der Waals surface area contributed by atoms with Crippen molar-refractivity contribution in [3.8, 4) is 11.4 Å². The standard InChI is InChI=1S/C14H13F3N4O2/c15-14(16,17)13-20-11(21-23-13)9-4-5-10(18-6-9)7-19-12(22)8-2-1-3-8/h4-6,8H,1-3,7H2,(H,19,22). The van der Waals surface area contributed by atoms with E-state index in [0.717, 1.165) is 19.3 Å². The van der Waals surface area contributed by atoms with Crippen LogP contribution in [0.2, 0.25) is 0 Å². The molecule has 1 N–H and O–H groups in total. The van der Waals surface area contributed by atoms with Crippen LogP contribution in [0, 0.1) is 5.92 Å². The Labute approximate surface area is 129 Å². The van der Waals surface area contributed by atoms with Crippen molar-refractivity contribution in [2.24, 2.45) is 5.92 Å². The minimum absolute atomic E-state index is 0.00936. The van der Waals surface area contributed by atoms with Crippen molar-refractivity contribution in [1.82, 2.24) is 20.4 Å². The molecule has 1 fully saturated rings. The molecule has 1 saturated carbocycles. The Kier molecular flexibility index (Phi) is 4.01. The van der Waals surface area contributed by atoms with Crippen LogP contribution in [0.25, 0.3) is 11.4 Å². The summed E-state index contributed by atoms with van der Waals surface area (Å²) < 4.78 is 41.4. The fraction of sp³-hybridized carbons (Fsp3) is 0.429. The molecule has 0 unspecified atom stereocenters. The molecule has 0 spiro atoms. The molecule has 6 nitrogen and oxygen atoms in total. The Bertz CT molecular complexity index is 693. The summed E-state index contributed by atoms with van der Waals surface area (Å²) in [7, 11) is 0. The molecule has 0 atom stereocenters. The van der Waals surface area contributed by atoms with Gasteiger partial charge < -0.3 is 9.84 Å². The zero-order chi connectivity index (χ0) is 16.4. The van der Waals surface area contributed by atoms with Gasteiger partial charge in [-0.15, -0.1) is 0 Å². The Morgan fingerprint density at radius 2 is 2.13 bits per heavy atom. The minimum atomic E-state index is -4.68. The molecule has 1 aliphatic rings. The number of halogens is 3. The van der Waals surface area contributed by atoms with Gasteiger partial charge in [-0.25, -0.2) is 0 Å². The average molecular weight is 326 g/mol. The van der Waals surface area contributed by atoms with Gasteiger partial charge in [0.05, 0.1) is 12.2 Å². The Morgan fingerprint density at radius 3 is 2.65 bits per heavy atom. The van der Waals surface area contributed by atoms with Gasteiger partial charge in [0.15, 0.2) is 0 Å². The second-order valence-electron chi connectivity index (χ2n) is 5.30. The number of nitrogens with one attached hydrogen (secondary N) is 1. The summed E-state index contributed by atoms with van der Waals surface area (Å²) in [5.41, 5.74) is 0.902. The highest BCUT2D eigenvalue weighted by atomic mass is 19.4. The van der Waals surface area contributed by atoms with Gasteiger partial charge in [-0.2, -0.15) is 18.2 Å². The van der Waals surface area contributed by atoms with Gasteiger partial charge in [0.25, 0.3) is 0 Å². The van der Waals surface area contributed by atoms with Crippen LogP contribution in [0.3, 0.4) is 0 Å². The molecular formula is C14H13F3N4O2. The number of aromatic nitrogens is 3. The van der Waals surface area contributed by atoms with E-state index in [1.165, 1.54) is 12.3 Å². The molecule has 122 valence electrons. The van der Waals surface area contributed by atoms with Crippen molar-refractivity contribution in [2.75, 3.05) is 0 Å². The highest BCUT2D eigenvalue weighted by molar-refractivity contribution is 5.79. The zero-order valence-corrected chi connectivity index (χ0v) is 11.9. The third-order valence-corrected chi connectivity index (χ3v) is 3.67. The largest absolute Gasteiger partial charge is 0.471 e. The Balaban J connectivity index is 1.62. The SMILES string of the molecule is O=C(NCc1ccc(-c2noc(C(F)(F)F)n2)cn1)C1CCC1. The van der Waals surface area contributed by atoms with Crippen LogP contribution in [0.1, 0.15) is 30.8 Å². The Hall–Kier alpha value is -2.45. The van der Waals surface area contributed by atoms with Gasteiger partial charge in [-0.3, -0.25) is 9.78 Å². The summed E-state index contributed by atoms with van der Waals surface area (Å²) in [6, 6.07) is 3.13. The first kappa shape index (κ1) is 15.4. The van der Waals surface area contributed by atoms with E-state index in [2.05, 4.69) is 25.0 Å². The number of amides is 1. The fourth-order valence-corrected chi connectivity index (χ4v) is 2.11. The monoisotopic (exact) mass is 326 g/mol. The minimum Gasteiger partial charge on any atom is -0.350 e. The van der Waals surface area contributed by atoms with Crippen LogP contribution < -0.4 is 5.32 Å². The first-order valence-electron chi connectivity index (χ1n) is 7.07. The van der Waals surface area contributed by atoms with Crippen molar-refractivity contribution in [2.45, 2.75) is 32.0 Å². The highest BCUT2D eigenvalue weighted by Crippen LogP contribution is 2.29. The number of alkyl halides is 3. The molecule has 0 aromatic carbocycles. The van der Waals surface area contributed by atoms with Crippen molar-refractivity contribution in [1.29, 1.82) is 0 Å². The van der Waals surface area contributed by atoms with Gasteiger partial charge >= 0.3 is 12.1 Å². The molecule has 2 aromatic heterocycles. The van der Waals surface area contributed by atoms with Crippen LogP contribution >= 0.6 is 0 Å². The van der Waals surface area contributed by atoms with Crippen LogP contribution in [0.4, 0.5) is 13.2 Å². The molecule has 3 rings (SSSR count). The molecule has 23 heavy (non-hydrogen) atoms. The molecule has 9 heteroatoms. The van der Waals surface area contributed by atoms with E-state index in [0.29, 0.717) is 11.3 Å². The van der Waals surface area contributed by atoms with E-state index in [1.807, 2.05) is 0 Å². The van der Waals surface area contributed by atoms with Crippen molar-refractivity contribution >= 4 is 5.91 Å². The number of pyridine rings is 1. The summed E-state index contributed by atoms with van der Waals surface area (Å²) in [5.74, 6) is -1.48. The lowest BCUT2D eigenvalue weighted by molar-refractivity contribution is -0.159. The molecule has 0 bridgehead atoms. The van der Waals surface area contributed by atoms with Crippen LogP contribution in [0.15, 0.2) is 22.9 Å². The summed E-state index contributed by atoms with van der Waals surface area (Å²) in [4.78, 5) is 19.1. The second-order valence-corrected chi connectivity index (χ2v) is 5.30. The van der Waals surface area contributed by atoms with Crippen LogP contribution in [-0.4, -0.2) is 21.0 Å². The third kappa shape index (κ3) is 3.49. The summed E-state index contributed by atoms with van der Waals surface area (Å²) >= 11 is 0. The van der Waals surface area contributed by atoms with Gasteiger partial charge in [0.2, 0.25) is 11.7 Å². The predicted octanol–water partition coefficient (Wildman–Crippen LogP) is 2.57. The molecule has 0 saturated heterocycles. The number of carbonyl (C=O) groups is 1. The van der Waals surface area contributed by atoms with E-state index in [9.17, 15) is 18.0 Å². The number of hydrogen-bond donors (Lipinski definition) is 1. The maximum atomic E-state index is 12.4. The van der Waals surface area contributed by atoms with Crippen molar-refractivity contribution in [3.05, 3.63) is 29.9 Å². The lowest BCUT2D eigenvalue weighted by atomic mass is 9.85. The van der Waals surface area contributed by atoms with Crippen LogP contribution in [0.5, 0.6) is 0 Å². The normalized spacial score (nSPS) is 15.3. The summed E-state index contributed by atoms with van der Waals surface area (Å²) in [6.45, 7) is 0.273. The van der Waals surface area contributed by atoms with E-state index in [-0.39, 0.29) is 24.2 Å². The molecule has 1 aliphatic carbocycles. The average Bonchev–Trinajstić information content (AvgIpc) is 2.93. The lowest BCUT2D eigenvalue weighted by Gasteiger charge is -2.23.